The number of aliphatic hydroxyl groups is 1. The number of para-hydroxylation sites is 1. The average Bonchev–Trinajstić information content (AvgIpc) is 3.03. The minimum absolute atomic E-state index is 0.110. The number of hydrogen-bond acceptors (Lipinski definition) is 4. The first-order chi connectivity index (χ1) is 14.3. The Balaban J connectivity index is 1.94. The van der Waals surface area contributed by atoms with E-state index in [0.29, 0.717) is 31.4 Å². The molecule has 0 spiro atoms. The summed E-state index contributed by atoms with van der Waals surface area (Å²) in [5, 5.41) is 19.0. The molecule has 2 rings (SSSR count). The van der Waals surface area contributed by atoms with Gasteiger partial charge in [-0.15, -0.1) is 0 Å². The average molecular weight is 424 g/mol. The zero-order valence-corrected chi connectivity index (χ0v) is 17.1. The minimum atomic E-state index is -3.17. The molecule has 0 unspecified atom stereocenters. The molecule has 1 aliphatic rings. The van der Waals surface area contributed by atoms with Gasteiger partial charge in [0.15, 0.2) is 6.61 Å². The lowest BCUT2D eigenvalue weighted by Crippen LogP contribution is -2.25. The van der Waals surface area contributed by atoms with Crippen LogP contribution in [0.4, 0.5) is 8.78 Å². The molecule has 0 amide bonds. The monoisotopic (exact) mass is 424 g/mol. The van der Waals surface area contributed by atoms with E-state index in [1.165, 1.54) is 6.08 Å². The van der Waals surface area contributed by atoms with E-state index < -0.39 is 30.5 Å². The second kappa shape index (κ2) is 11.8. The van der Waals surface area contributed by atoms with Crippen molar-refractivity contribution < 1.29 is 33.3 Å². The quantitative estimate of drug-likeness (QED) is 0.382. The number of allylic oxidation sites excluding steroid dienone is 2. The summed E-state index contributed by atoms with van der Waals surface area (Å²) < 4.78 is 39.1. The molecule has 4 atom stereocenters. The Morgan fingerprint density at radius 3 is 2.67 bits per heavy atom. The van der Waals surface area contributed by atoms with E-state index >= 15 is 0 Å². The number of aliphatic hydroxyl groups excluding tert-OH is 1. The Bertz CT molecular complexity index is 705. The van der Waals surface area contributed by atoms with Gasteiger partial charge in [0.2, 0.25) is 0 Å². The summed E-state index contributed by atoms with van der Waals surface area (Å²) in [5.41, 5.74) is 0. The van der Waals surface area contributed by atoms with Gasteiger partial charge in [0.05, 0.1) is 12.2 Å². The summed E-state index contributed by atoms with van der Waals surface area (Å²) in [7, 11) is 1.55. The van der Waals surface area contributed by atoms with E-state index in [0.717, 1.165) is 6.08 Å². The highest BCUT2D eigenvalue weighted by atomic mass is 19.3. The fraction of sp³-hybridized carbons (Fsp3) is 0.522. The molecule has 1 aliphatic carbocycles. The smallest absolute Gasteiger partial charge is 0.303 e. The number of carboxylic acids is 1. The van der Waals surface area contributed by atoms with Crippen LogP contribution in [-0.2, 0) is 9.53 Å². The number of ether oxygens (including phenoxy) is 2. The molecule has 1 aromatic carbocycles. The van der Waals surface area contributed by atoms with Crippen LogP contribution in [0.2, 0.25) is 0 Å². The number of hydrogen-bond donors (Lipinski definition) is 2. The van der Waals surface area contributed by atoms with Crippen molar-refractivity contribution in [2.45, 2.75) is 50.2 Å². The summed E-state index contributed by atoms with van der Waals surface area (Å²) in [5.74, 6) is -4.22. The van der Waals surface area contributed by atoms with Gasteiger partial charge in [-0.25, -0.2) is 0 Å². The number of unbranched alkanes of at least 4 members (excludes halogenated alkanes) is 1. The Kier molecular flexibility index (Phi) is 9.46. The minimum Gasteiger partial charge on any atom is -0.487 e. The van der Waals surface area contributed by atoms with Gasteiger partial charge >= 0.3 is 5.97 Å². The van der Waals surface area contributed by atoms with Crippen LogP contribution < -0.4 is 4.74 Å². The summed E-state index contributed by atoms with van der Waals surface area (Å²) in [6, 6.07) is 8.43. The highest BCUT2D eigenvalue weighted by Gasteiger charge is 2.41. The van der Waals surface area contributed by atoms with Gasteiger partial charge < -0.3 is 19.7 Å². The molecule has 0 saturated heterocycles. The zero-order chi connectivity index (χ0) is 22.0. The summed E-state index contributed by atoms with van der Waals surface area (Å²) >= 11 is 0. The number of rotatable bonds is 12. The Morgan fingerprint density at radius 1 is 1.27 bits per heavy atom. The number of aliphatic carboxylic acids is 1. The van der Waals surface area contributed by atoms with Crippen molar-refractivity contribution in [3.63, 3.8) is 0 Å². The van der Waals surface area contributed by atoms with Crippen LogP contribution in [0.3, 0.4) is 0 Å². The van der Waals surface area contributed by atoms with Crippen LogP contribution >= 0.6 is 0 Å². The Hall–Kier alpha value is -2.25. The van der Waals surface area contributed by atoms with Crippen molar-refractivity contribution in [2.75, 3.05) is 13.7 Å². The zero-order valence-electron chi connectivity index (χ0n) is 17.1. The van der Waals surface area contributed by atoms with Gasteiger partial charge in [0, 0.05) is 25.9 Å². The molecular formula is C23H30F2O5. The highest BCUT2D eigenvalue weighted by molar-refractivity contribution is 5.66. The van der Waals surface area contributed by atoms with Crippen molar-refractivity contribution >= 4 is 5.97 Å². The van der Waals surface area contributed by atoms with Crippen LogP contribution in [0.15, 0.2) is 54.6 Å². The molecule has 2 N–H and O–H groups in total. The highest BCUT2D eigenvalue weighted by Crippen LogP contribution is 2.38. The molecule has 1 aromatic rings. The largest absolute Gasteiger partial charge is 0.487 e. The molecule has 0 aliphatic heterocycles. The lowest BCUT2D eigenvalue weighted by Gasteiger charge is -2.22. The lowest BCUT2D eigenvalue weighted by atomic mass is 9.89. The van der Waals surface area contributed by atoms with Crippen molar-refractivity contribution in [1.29, 1.82) is 0 Å². The predicted octanol–water partition coefficient (Wildman–Crippen LogP) is 4.47. The number of carbonyl (C=O) groups is 1. The standard InChI is InChI=1S/C23H30F2O5/c1-29-21-15-20(26)18(19(21)11-7-2-3-8-12-22(27)28)13-14-23(24,25)16-30-17-9-5-4-6-10-17/h2,4-7,9-10,13-14,18-21,26H,3,8,11-12,15-16H2,1H3,(H,27,28)/b7-2-,14-13+/t18-,19-,20-,21+/m1/s1. The topological polar surface area (TPSA) is 76.0 Å². The Labute approximate surface area is 176 Å². The molecule has 1 saturated carbocycles. The molecule has 0 bridgehead atoms. The summed E-state index contributed by atoms with van der Waals surface area (Å²) in [6.45, 7) is -0.780. The van der Waals surface area contributed by atoms with Gasteiger partial charge in [-0.3, -0.25) is 4.79 Å². The predicted molar refractivity (Wildman–Crippen MR) is 110 cm³/mol. The van der Waals surface area contributed by atoms with E-state index in [1.807, 2.05) is 12.2 Å². The van der Waals surface area contributed by atoms with Crippen LogP contribution in [0.1, 0.15) is 32.1 Å². The normalized spacial score (nSPS) is 24.7. The maximum atomic E-state index is 14.3. The first-order valence-electron chi connectivity index (χ1n) is 10.1. The second-order valence-corrected chi connectivity index (χ2v) is 7.53. The molecule has 166 valence electrons. The molecule has 7 heteroatoms. The van der Waals surface area contributed by atoms with Gasteiger partial charge in [0.1, 0.15) is 5.75 Å². The van der Waals surface area contributed by atoms with Crippen molar-refractivity contribution in [1.82, 2.24) is 0 Å². The SMILES string of the molecule is CO[C@H]1C[C@@H](O)[C@H](/C=C/C(F)(F)COc2ccccc2)[C@H]1C/C=C\CCCC(=O)O. The first-order valence-corrected chi connectivity index (χ1v) is 10.1. The van der Waals surface area contributed by atoms with Gasteiger partial charge in [0.25, 0.3) is 5.92 Å². The number of alkyl halides is 2. The molecule has 0 heterocycles. The van der Waals surface area contributed by atoms with Gasteiger partial charge in [-0.2, -0.15) is 8.78 Å². The van der Waals surface area contributed by atoms with E-state index in [-0.39, 0.29) is 18.4 Å². The van der Waals surface area contributed by atoms with Gasteiger partial charge in [-0.05, 0) is 43.4 Å². The van der Waals surface area contributed by atoms with Crippen molar-refractivity contribution in [3.05, 3.63) is 54.6 Å². The maximum Gasteiger partial charge on any atom is 0.303 e. The van der Waals surface area contributed by atoms with Crippen molar-refractivity contribution in [2.24, 2.45) is 11.8 Å². The number of benzene rings is 1. The fourth-order valence-corrected chi connectivity index (χ4v) is 3.69. The van der Waals surface area contributed by atoms with E-state index in [2.05, 4.69) is 0 Å². The second-order valence-electron chi connectivity index (χ2n) is 7.53. The lowest BCUT2D eigenvalue weighted by molar-refractivity contribution is -0.137. The van der Waals surface area contributed by atoms with Crippen LogP contribution in [0.5, 0.6) is 5.75 Å². The third-order valence-electron chi connectivity index (χ3n) is 5.27. The van der Waals surface area contributed by atoms with Gasteiger partial charge in [-0.1, -0.05) is 36.4 Å². The van der Waals surface area contributed by atoms with Crippen LogP contribution in [0.25, 0.3) is 0 Å². The molecule has 5 nitrogen and oxygen atoms in total. The maximum absolute atomic E-state index is 14.3. The molecular weight excluding hydrogens is 394 g/mol. The third-order valence-corrected chi connectivity index (χ3v) is 5.27. The van der Waals surface area contributed by atoms with Crippen LogP contribution in [-0.4, -0.2) is 48.0 Å². The first kappa shape index (κ1) is 24.0. The third kappa shape index (κ3) is 7.88. The fourth-order valence-electron chi connectivity index (χ4n) is 3.69. The van der Waals surface area contributed by atoms with Crippen molar-refractivity contribution in [3.8, 4) is 5.75 Å². The number of carboxylic acid groups (broad SMARTS) is 1. The summed E-state index contributed by atoms with van der Waals surface area (Å²) in [4.78, 5) is 10.5. The van der Waals surface area contributed by atoms with Crippen LogP contribution in [0, 0.1) is 11.8 Å². The molecule has 1 fully saturated rings. The molecule has 0 radical (unpaired) electrons. The molecule has 30 heavy (non-hydrogen) atoms. The number of halogens is 2. The van der Waals surface area contributed by atoms with E-state index in [4.69, 9.17) is 14.6 Å². The number of methoxy groups -OCH3 is 1. The molecule has 0 aromatic heterocycles. The van der Waals surface area contributed by atoms with E-state index in [9.17, 15) is 18.7 Å². The summed E-state index contributed by atoms with van der Waals surface area (Å²) in [6.07, 6.45) is 7.23. The Morgan fingerprint density at radius 2 is 2.00 bits per heavy atom. The van der Waals surface area contributed by atoms with E-state index in [1.54, 1.807) is 37.4 Å².